The number of anilines is 1. The summed E-state index contributed by atoms with van der Waals surface area (Å²) in [5.41, 5.74) is 2.30. The maximum absolute atomic E-state index is 13.3. The molecule has 7 heteroatoms. The number of aromatic nitrogens is 2. The van der Waals surface area contributed by atoms with Gasteiger partial charge in [0.15, 0.2) is 4.77 Å². The van der Waals surface area contributed by atoms with Crippen molar-refractivity contribution >= 4 is 18.0 Å². The average Bonchev–Trinajstić information content (AvgIpc) is 2.69. The van der Waals surface area contributed by atoms with Crippen LogP contribution >= 0.6 is 12.2 Å². The van der Waals surface area contributed by atoms with E-state index >= 15 is 0 Å². The summed E-state index contributed by atoms with van der Waals surface area (Å²) in [5.74, 6) is 0.339. The molecule has 0 saturated carbocycles. The van der Waals surface area contributed by atoms with Crippen LogP contribution in [0.5, 0.6) is 0 Å². The number of fused-ring (bicyclic) bond motifs is 1. The monoisotopic (exact) mass is 382 g/mol. The van der Waals surface area contributed by atoms with Gasteiger partial charge in [0, 0.05) is 18.3 Å². The van der Waals surface area contributed by atoms with Crippen LogP contribution in [-0.2, 0) is 6.54 Å². The molecule has 1 aliphatic heterocycles. The van der Waals surface area contributed by atoms with Crippen molar-refractivity contribution in [2.75, 3.05) is 12.0 Å². The molecule has 5 nitrogen and oxygen atoms in total. The summed E-state index contributed by atoms with van der Waals surface area (Å²) >= 11 is 5.36. The van der Waals surface area contributed by atoms with E-state index in [0.29, 0.717) is 30.3 Å². The number of hydrogen-bond acceptors (Lipinski definition) is 4. The van der Waals surface area contributed by atoms with Gasteiger partial charge in [0.2, 0.25) is 0 Å². The quantitative estimate of drug-likeness (QED) is 0.673. The van der Waals surface area contributed by atoms with Gasteiger partial charge in [-0.05, 0) is 49.0 Å². The SMILES string of the molecule is CC(c1ccccc1)N1CNc2c(c(=O)[nH]c(=S)n2-c2ccc(F)cc2)C1. The lowest BCUT2D eigenvalue weighted by Gasteiger charge is -2.35. The molecular weight excluding hydrogens is 363 g/mol. The largest absolute Gasteiger partial charge is 0.358 e. The van der Waals surface area contributed by atoms with Crippen LogP contribution in [0.25, 0.3) is 5.69 Å². The van der Waals surface area contributed by atoms with E-state index in [-0.39, 0.29) is 22.2 Å². The number of nitrogens with one attached hydrogen (secondary N) is 2. The van der Waals surface area contributed by atoms with Crippen LogP contribution in [0, 0.1) is 10.6 Å². The molecule has 2 N–H and O–H groups in total. The highest BCUT2D eigenvalue weighted by molar-refractivity contribution is 7.71. The smallest absolute Gasteiger partial charge is 0.258 e. The Bertz CT molecular complexity index is 1080. The van der Waals surface area contributed by atoms with Crippen LogP contribution in [0.1, 0.15) is 24.1 Å². The maximum Gasteiger partial charge on any atom is 0.258 e. The maximum atomic E-state index is 13.3. The second kappa shape index (κ2) is 7.09. The van der Waals surface area contributed by atoms with Gasteiger partial charge in [-0.1, -0.05) is 30.3 Å². The highest BCUT2D eigenvalue weighted by atomic mass is 32.1. The summed E-state index contributed by atoms with van der Waals surface area (Å²) in [5, 5.41) is 3.34. The van der Waals surface area contributed by atoms with Crippen molar-refractivity contribution in [3.8, 4) is 5.69 Å². The minimum atomic E-state index is -0.320. The number of hydrogen-bond donors (Lipinski definition) is 2. The van der Waals surface area contributed by atoms with Crippen LogP contribution in [0.3, 0.4) is 0 Å². The van der Waals surface area contributed by atoms with Crippen LogP contribution in [-0.4, -0.2) is 21.1 Å². The highest BCUT2D eigenvalue weighted by Crippen LogP contribution is 2.28. The number of halogens is 1. The van der Waals surface area contributed by atoms with Crippen molar-refractivity contribution in [3.05, 3.63) is 86.7 Å². The van der Waals surface area contributed by atoms with Gasteiger partial charge in [-0.15, -0.1) is 0 Å². The topological polar surface area (TPSA) is 53.1 Å². The second-order valence-electron chi connectivity index (χ2n) is 6.57. The van der Waals surface area contributed by atoms with E-state index in [4.69, 9.17) is 12.2 Å². The highest BCUT2D eigenvalue weighted by Gasteiger charge is 2.26. The summed E-state index contributed by atoms with van der Waals surface area (Å²) < 4.78 is 15.3. The first-order chi connectivity index (χ1) is 13.0. The first-order valence-corrected chi connectivity index (χ1v) is 9.12. The van der Waals surface area contributed by atoms with Crippen molar-refractivity contribution in [1.29, 1.82) is 0 Å². The first-order valence-electron chi connectivity index (χ1n) is 8.71. The number of H-pyrrole nitrogens is 1. The molecule has 2 heterocycles. The molecule has 2 aromatic carbocycles. The van der Waals surface area contributed by atoms with Gasteiger partial charge in [-0.3, -0.25) is 19.2 Å². The Morgan fingerprint density at radius 1 is 1.11 bits per heavy atom. The Morgan fingerprint density at radius 2 is 1.81 bits per heavy atom. The molecular formula is C20H19FN4OS. The molecule has 1 aliphatic rings. The molecule has 0 radical (unpaired) electrons. The molecule has 0 bridgehead atoms. The lowest BCUT2D eigenvalue weighted by Crippen LogP contribution is -2.40. The van der Waals surface area contributed by atoms with Crippen LogP contribution in [0.4, 0.5) is 10.2 Å². The third-order valence-corrected chi connectivity index (χ3v) is 5.22. The van der Waals surface area contributed by atoms with Crippen LogP contribution in [0.15, 0.2) is 59.4 Å². The summed E-state index contributed by atoms with van der Waals surface area (Å²) in [6, 6.07) is 16.4. The Labute approximate surface area is 161 Å². The normalized spacial score (nSPS) is 15.0. The minimum Gasteiger partial charge on any atom is -0.358 e. The van der Waals surface area contributed by atoms with Gasteiger partial charge in [-0.25, -0.2) is 4.39 Å². The summed E-state index contributed by atoms with van der Waals surface area (Å²) in [7, 11) is 0. The molecule has 0 saturated heterocycles. The van der Waals surface area contributed by atoms with Crippen molar-refractivity contribution in [1.82, 2.24) is 14.5 Å². The number of benzene rings is 2. The summed E-state index contributed by atoms with van der Waals surface area (Å²) in [6.45, 7) is 3.18. The van der Waals surface area contributed by atoms with E-state index in [1.165, 1.54) is 17.7 Å². The Morgan fingerprint density at radius 3 is 2.52 bits per heavy atom. The molecule has 1 atom stereocenters. The fourth-order valence-electron chi connectivity index (χ4n) is 3.39. The van der Waals surface area contributed by atoms with E-state index in [1.807, 2.05) is 18.2 Å². The van der Waals surface area contributed by atoms with Gasteiger partial charge < -0.3 is 5.32 Å². The predicted molar refractivity (Wildman–Crippen MR) is 106 cm³/mol. The molecule has 0 spiro atoms. The Kier molecular flexibility index (Phi) is 4.63. The molecule has 27 heavy (non-hydrogen) atoms. The van der Waals surface area contributed by atoms with E-state index < -0.39 is 0 Å². The molecule has 3 aromatic rings. The molecule has 0 aliphatic carbocycles. The zero-order valence-corrected chi connectivity index (χ0v) is 15.6. The molecule has 138 valence electrons. The number of rotatable bonds is 3. The number of aromatic amines is 1. The molecule has 4 rings (SSSR count). The van der Waals surface area contributed by atoms with Gasteiger partial charge in [0.05, 0.1) is 12.2 Å². The third kappa shape index (κ3) is 3.31. The minimum absolute atomic E-state index is 0.147. The molecule has 1 unspecified atom stereocenters. The Balaban J connectivity index is 1.74. The second-order valence-corrected chi connectivity index (χ2v) is 6.95. The fourth-order valence-corrected chi connectivity index (χ4v) is 3.68. The zero-order valence-electron chi connectivity index (χ0n) is 14.8. The first kappa shape index (κ1) is 17.6. The third-order valence-electron chi connectivity index (χ3n) is 4.93. The van der Waals surface area contributed by atoms with E-state index in [0.717, 1.165) is 0 Å². The summed E-state index contributed by atoms with van der Waals surface area (Å²) in [4.78, 5) is 17.5. The van der Waals surface area contributed by atoms with Gasteiger partial charge in [-0.2, -0.15) is 0 Å². The predicted octanol–water partition coefficient (Wildman–Crippen LogP) is 3.98. The van der Waals surface area contributed by atoms with Gasteiger partial charge in [0.25, 0.3) is 5.56 Å². The zero-order chi connectivity index (χ0) is 19.0. The standard InChI is InChI=1S/C20H19FN4OS/c1-13(14-5-3-2-4-6-14)24-11-17-18(22-12-24)25(20(27)23-19(17)26)16-9-7-15(21)8-10-16/h2-10,13,22H,11-12H2,1H3,(H,23,26,27). The summed E-state index contributed by atoms with van der Waals surface area (Å²) in [6.07, 6.45) is 0. The van der Waals surface area contributed by atoms with E-state index in [1.54, 1.807) is 16.7 Å². The molecule has 0 amide bonds. The van der Waals surface area contributed by atoms with Crippen molar-refractivity contribution in [2.24, 2.45) is 0 Å². The van der Waals surface area contributed by atoms with E-state index in [2.05, 4.69) is 34.3 Å². The van der Waals surface area contributed by atoms with Crippen molar-refractivity contribution in [3.63, 3.8) is 0 Å². The Hall–Kier alpha value is -2.77. The van der Waals surface area contributed by atoms with Gasteiger partial charge in [0.1, 0.15) is 11.6 Å². The fraction of sp³-hybridized carbons (Fsp3) is 0.200. The molecule has 1 aromatic heterocycles. The lowest BCUT2D eigenvalue weighted by atomic mass is 10.1. The number of nitrogens with zero attached hydrogens (tertiary/aromatic N) is 2. The van der Waals surface area contributed by atoms with Crippen LogP contribution in [0.2, 0.25) is 0 Å². The average molecular weight is 382 g/mol. The van der Waals surface area contributed by atoms with Gasteiger partial charge >= 0.3 is 0 Å². The van der Waals surface area contributed by atoms with E-state index in [9.17, 15) is 9.18 Å². The van der Waals surface area contributed by atoms with Crippen molar-refractivity contribution < 1.29 is 4.39 Å². The van der Waals surface area contributed by atoms with Crippen molar-refractivity contribution in [2.45, 2.75) is 19.5 Å². The van der Waals surface area contributed by atoms with Crippen LogP contribution < -0.4 is 10.9 Å². The lowest BCUT2D eigenvalue weighted by molar-refractivity contribution is 0.207. The molecule has 0 fully saturated rings.